The van der Waals surface area contributed by atoms with E-state index in [1.807, 2.05) is 12.1 Å². The molecule has 1 aromatic rings. The van der Waals surface area contributed by atoms with E-state index < -0.39 is 5.97 Å². The lowest BCUT2D eigenvalue weighted by Crippen LogP contribution is -2.25. The standard InChI is InChI=1S/C13H15NO3/c1-17-11-4-2-3-8-5-10-6-9(13(15)16)7-14(10)12(8)11/h2-4,9-10H,5-7H2,1H3,(H,15,16). The van der Waals surface area contributed by atoms with Gasteiger partial charge >= 0.3 is 5.97 Å². The van der Waals surface area contributed by atoms with Crippen LogP contribution in [-0.4, -0.2) is 30.8 Å². The van der Waals surface area contributed by atoms with Gasteiger partial charge in [-0.15, -0.1) is 0 Å². The Morgan fingerprint density at radius 2 is 2.35 bits per heavy atom. The van der Waals surface area contributed by atoms with E-state index in [0.29, 0.717) is 12.6 Å². The zero-order valence-electron chi connectivity index (χ0n) is 9.72. The Bertz CT molecular complexity index is 472. The molecule has 1 saturated heterocycles. The normalized spacial score (nSPS) is 25.6. The predicted molar refractivity (Wildman–Crippen MR) is 63.6 cm³/mol. The van der Waals surface area contributed by atoms with E-state index in [4.69, 9.17) is 9.84 Å². The Balaban J connectivity index is 1.96. The maximum absolute atomic E-state index is 11.0. The summed E-state index contributed by atoms with van der Waals surface area (Å²) in [5.74, 6) is -0.0649. The predicted octanol–water partition coefficient (Wildman–Crippen LogP) is 1.53. The van der Waals surface area contributed by atoms with E-state index >= 15 is 0 Å². The highest BCUT2D eigenvalue weighted by atomic mass is 16.5. The Kier molecular flexibility index (Phi) is 2.24. The number of carboxylic acid groups (broad SMARTS) is 1. The Morgan fingerprint density at radius 3 is 3.06 bits per heavy atom. The minimum absolute atomic E-state index is 0.238. The van der Waals surface area contributed by atoms with Crippen molar-refractivity contribution in [2.24, 2.45) is 5.92 Å². The molecule has 2 aliphatic rings. The fourth-order valence-corrected chi connectivity index (χ4v) is 3.04. The Hall–Kier alpha value is -1.71. The largest absolute Gasteiger partial charge is 0.495 e. The Labute approximate surface area is 99.8 Å². The van der Waals surface area contributed by atoms with Crippen molar-refractivity contribution in [3.05, 3.63) is 23.8 Å². The number of benzene rings is 1. The minimum Gasteiger partial charge on any atom is -0.495 e. The molecule has 1 aromatic carbocycles. The number of para-hydroxylation sites is 1. The number of aliphatic carboxylic acids is 1. The summed E-state index contributed by atoms with van der Waals surface area (Å²) >= 11 is 0. The molecule has 1 N–H and O–H groups in total. The number of ether oxygens (including phenoxy) is 1. The summed E-state index contributed by atoms with van der Waals surface area (Å²) in [6, 6.07) is 6.37. The first-order valence-corrected chi connectivity index (χ1v) is 5.86. The summed E-state index contributed by atoms with van der Waals surface area (Å²) in [6.45, 7) is 0.605. The fourth-order valence-electron chi connectivity index (χ4n) is 3.04. The molecule has 2 unspecified atom stereocenters. The van der Waals surface area contributed by atoms with Crippen molar-refractivity contribution in [2.75, 3.05) is 18.6 Å². The number of anilines is 1. The molecule has 2 aliphatic heterocycles. The molecule has 4 heteroatoms. The molecule has 0 bridgehead atoms. The summed E-state index contributed by atoms with van der Waals surface area (Å²) in [5.41, 5.74) is 2.38. The third-order valence-electron chi connectivity index (χ3n) is 3.81. The van der Waals surface area contributed by atoms with Crippen LogP contribution in [0.2, 0.25) is 0 Å². The summed E-state index contributed by atoms with van der Waals surface area (Å²) < 4.78 is 5.37. The number of hydrogen-bond donors (Lipinski definition) is 1. The van der Waals surface area contributed by atoms with Gasteiger partial charge in [0.05, 0.1) is 18.7 Å². The molecule has 0 spiro atoms. The first-order chi connectivity index (χ1) is 8.20. The second-order valence-corrected chi connectivity index (χ2v) is 4.75. The van der Waals surface area contributed by atoms with E-state index in [1.54, 1.807) is 7.11 Å². The molecule has 0 aromatic heterocycles. The monoisotopic (exact) mass is 233 g/mol. The molecule has 1 fully saturated rings. The van der Waals surface area contributed by atoms with E-state index in [2.05, 4.69) is 11.0 Å². The van der Waals surface area contributed by atoms with E-state index in [0.717, 1.165) is 24.3 Å². The SMILES string of the molecule is COc1cccc2c1N1CC(C(=O)O)CC1C2. The zero-order valence-corrected chi connectivity index (χ0v) is 9.72. The molecule has 17 heavy (non-hydrogen) atoms. The number of methoxy groups -OCH3 is 1. The highest BCUT2D eigenvalue weighted by Gasteiger charge is 2.42. The van der Waals surface area contributed by atoms with Crippen molar-refractivity contribution in [1.82, 2.24) is 0 Å². The molecule has 0 amide bonds. The van der Waals surface area contributed by atoms with Crippen LogP contribution in [0.25, 0.3) is 0 Å². The van der Waals surface area contributed by atoms with Crippen molar-refractivity contribution < 1.29 is 14.6 Å². The van der Waals surface area contributed by atoms with Crippen LogP contribution >= 0.6 is 0 Å². The second kappa shape index (κ2) is 3.65. The molecular weight excluding hydrogens is 218 g/mol. The van der Waals surface area contributed by atoms with Crippen molar-refractivity contribution in [3.8, 4) is 5.75 Å². The molecular formula is C13H15NO3. The average Bonchev–Trinajstić information content (AvgIpc) is 2.84. The van der Waals surface area contributed by atoms with Gasteiger partial charge in [-0.3, -0.25) is 4.79 Å². The third kappa shape index (κ3) is 1.47. The summed E-state index contributed by atoms with van der Waals surface area (Å²) in [5, 5.41) is 9.08. The van der Waals surface area contributed by atoms with Gasteiger partial charge in [0.2, 0.25) is 0 Å². The molecule has 0 saturated carbocycles. The van der Waals surface area contributed by atoms with Gasteiger partial charge in [0.1, 0.15) is 5.75 Å². The summed E-state index contributed by atoms with van der Waals surface area (Å²) in [4.78, 5) is 13.2. The molecule has 0 aliphatic carbocycles. The second-order valence-electron chi connectivity index (χ2n) is 4.75. The molecule has 0 radical (unpaired) electrons. The maximum atomic E-state index is 11.0. The van der Waals surface area contributed by atoms with Gasteiger partial charge in [-0.2, -0.15) is 0 Å². The van der Waals surface area contributed by atoms with Crippen LogP contribution in [0.1, 0.15) is 12.0 Å². The van der Waals surface area contributed by atoms with Gasteiger partial charge in [-0.05, 0) is 24.5 Å². The van der Waals surface area contributed by atoms with Gasteiger partial charge in [-0.1, -0.05) is 12.1 Å². The third-order valence-corrected chi connectivity index (χ3v) is 3.81. The van der Waals surface area contributed by atoms with Crippen molar-refractivity contribution in [1.29, 1.82) is 0 Å². The number of rotatable bonds is 2. The van der Waals surface area contributed by atoms with Crippen molar-refractivity contribution in [2.45, 2.75) is 18.9 Å². The van der Waals surface area contributed by atoms with Crippen LogP contribution in [0.3, 0.4) is 0 Å². The smallest absolute Gasteiger partial charge is 0.308 e. The number of carbonyl (C=O) groups is 1. The van der Waals surface area contributed by atoms with Gasteiger partial charge in [0.25, 0.3) is 0 Å². The minimum atomic E-state index is -0.684. The fraction of sp³-hybridized carbons (Fsp3) is 0.462. The van der Waals surface area contributed by atoms with Gasteiger partial charge in [0, 0.05) is 12.6 Å². The number of fused-ring (bicyclic) bond motifs is 3. The highest BCUT2D eigenvalue weighted by Crippen LogP contribution is 2.44. The number of nitrogens with zero attached hydrogens (tertiary/aromatic N) is 1. The van der Waals surface area contributed by atoms with Crippen LogP contribution in [0.4, 0.5) is 5.69 Å². The van der Waals surface area contributed by atoms with Crippen molar-refractivity contribution >= 4 is 11.7 Å². The number of hydrogen-bond acceptors (Lipinski definition) is 3. The molecule has 3 rings (SSSR count). The van der Waals surface area contributed by atoms with Crippen LogP contribution in [-0.2, 0) is 11.2 Å². The molecule has 90 valence electrons. The first-order valence-electron chi connectivity index (χ1n) is 5.86. The molecule has 2 atom stereocenters. The van der Waals surface area contributed by atoms with E-state index in [9.17, 15) is 4.79 Å². The summed E-state index contributed by atoms with van der Waals surface area (Å²) in [7, 11) is 1.66. The van der Waals surface area contributed by atoms with Crippen LogP contribution in [0.15, 0.2) is 18.2 Å². The maximum Gasteiger partial charge on any atom is 0.308 e. The van der Waals surface area contributed by atoms with Gasteiger partial charge < -0.3 is 14.7 Å². The molecule has 2 heterocycles. The van der Waals surface area contributed by atoms with E-state index in [1.165, 1.54) is 5.56 Å². The summed E-state index contributed by atoms with van der Waals surface area (Å²) in [6.07, 6.45) is 1.68. The number of carboxylic acids is 1. The first kappa shape index (κ1) is 10.4. The van der Waals surface area contributed by atoms with Gasteiger partial charge in [-0.25, -0.2) is 0 Å². The zero-order chi connectivity index (χ0) is 12.0. The van der Waals surface area contributed by atoms with Crippen molar-refractivity contribution in [3.63, 3.8) is 0 Å². The van der Waals surface area contributed by atoms with Crippen LogP contribution < -0.4 is 9.64 Å². The topological polar surface area (TPSA) is 49.8 Å². The van der Waals surface area contributed by atoms with Crippen LogP contribution in [0.5, 0.6) is 5.75 Å². The average molecular weight is 233 g/mol. The van der Waals surface area contributed by atoms with E-state index in [-0.39, 0.29) is 5.92 Å². The quantitative estimate of drug-likeness (QED) is 0.841. The molecule has 4 nitrogen and oxygen atoms in total. The lowest BCUT2D eigenvalue weighted by Gasteiger charge is -2.20. The van der Waals surface area contributed by atoms with Crippen LogP contribution in [0, 0.1) is 5.92 Å². The van der Waals surface area contributed by atoms with Gasteiger partial charge in [0.15, 0.2) is 0 Å². The Morgan fingerprint density at radius 1 is 1.53 bits per heavy atom. The lowest BCUT2D eigenvalue weighted by molar-refractivity contribution is -0.141. The highest BCUT2D eigenvalue weighted by molar-refractivity contribution is 5.75. The lowest BCUT2D eigenvalue weighted by atomic mass is 10.0.